The van der Waals surface area contributed by atoms with Crippen molar-refractivity contribution in [2.45, 2.75) is 25.2 Å². The monoisotopic (exact) mass is 309 g/mol. The summed E-state index contributed by atoms with van der Waals surface area (Å²) in [5.41, 5.74) is 8.05. The van der Waals surface area contributed by atoms with Gasteiger partial charge in [-0.15, -0.1) is 10.2 Å². The van der Waals surface area contributed by atoms with Gasteiger partial charge in [-0.3, -0.25) is 0 Å². The van der Waals surface area contributed by atoms with Gasteiger partial charge in [0, 0.05) is 25.7 Å². The molecule has 3 N–H and O–H groups in total. The van der Waals surface area contributed by atoms with Gasteiger partial charge in [-0.2, -0.15) is 0 Å². The van der Waals surface area contributed by atoms with Crippen LogP contribution in [0.5, 0.6) is 0 Å². The maximum atomic E-state index is 12.3. The van der Waals surface area contributed by atoms with Crippen LogP contribution in [0.2, 0.25) is 0 Å². The van der Waals surface area contributed by atoms with Crippen molar-refractivity contribution in [3.8, 4) is 0 Å². The third-order valence-electron chi connectivity index (χ3n) is 3.44. The average molecular weight is 309 g/mol. The number of nitrogens with zero attached hydrogens (tertiary/aromatic N) is 3. The van der Waals surface area contributed by atoms with Crippen molar-refractivity contribution in [3.63, 3.8) is 0 Å². The van der Waals surface area contributed by atoms with E-state index in [4.69, 9.17) is 5.73 Å². The van der Waals surface area contributed by atoms with E-state index in [9.17, 15) is 8.42 Å². The number of nitrogens with one attached hydrogen (secondary N) is 1. The van der Waals surface area contributed by atoms with Crippen LogP contribution in [0.25, 0.3) is 0 Å². The minimum absolute atomic E-state index is 0.182. The van der Waals surface area contributed by atoms with Crippen LogP contribution in [0.1, 0.15) is 17.0 Å². The number of aryl methyl sites for hydroxylation is 2. The Morgan fingerprint density at radius 2 is 2.05 bits per heavy atom. The second-order valence-corrected chi connectivity index (χ2v) is 6.73. The van der Waals surface area contributed by atoms with Gasteiger partial charge in [0.15, 0.2) is 0 Å². The predicted molar refractivity (Wildman–Crippen MR) is 80.2 cm³/mol. The van der Waals surface area contributed by atoms with E-state index in [1.54, 1.807) is 17.0 Å². The molecule has 0 atom stereocenters. The summed E-state index contributed by atoms with van der Waals surface area (Å²) < 4.78 is 28.8. The Labute approximate surface area is 124 Å². The van der Waals surface area contributed by atoms with Crippen LogP contribution in [0.4, 0.5) is 5.69 Å². The second-order valence-electron chi connectivity index (χ2n) is 4.96. The normalized spacial score (nSPS) is 11.8. The molecule has 0 unspecified atom stereocenters. The summed E-state index contributed by atoms with van der Waals surface area (Å²) in [4.78, 5) is 0.182. The highest BCUT2D eigenvalue weighted by Crippen LogP contribution is 2.21. The summed E-state index contributed by atoms with van der Waals surface area (Å²) >= 11 is 0. The number of hydrogen-bond donors (Lipinski definition) is 2. The van der Waals surface area contributed by atoms with E-state index in [0.717, 1.165) is 17.0 Å². The Hall–Kier alpha value is -1.93. The largest absolute Gasteiger partial charge is 0.398 e. The van der Waals surface area contributed by atoms with Crippen molar-refractivity contribution < 1.29 is 8.42 Å². The van der Waals surface area contributed by atoms with E-state index in [1.165, 1.54) is 6.07 Å². The third-order valence-corrected chi connectivity index (χ3v) is 4.88. The van der Waals surface area contributed by atoms with Crippen LogP contribution in [-0.4, -0.2) is 29.7 Å². The zero-order chi connectivity index (χ0) is 15.6. The summed E-state index contributed by atoms with van der Waals surface area (Å²) in [6, 6.07) is 3.10. The topological polar surface area (TPSA) is 103 Å². The summed E-state index contributed by atoms with van der Waals surface area (Å²) in [5, 5.41) is 7.65. The number of anilines is 1. The zero-order valence-corrected chi connectivity index (χ0v) is 13.1. The van der Waals surface area contributed by atoms with Gasteiger partial charge in [0.1, 0.15) is 12.2 Å². The van der Waals surface area contributed by atoms with Crippen LogP contribution in [0.15, 0.2) is 23.4 Å². The van der Waals surface area contributed by atoms with Crippen molar-refractivity contribution in [2.24, 2.45) is 7.05 Å². The van der Waals surface area contributed by atoms with Crippen molar-refractivity contribution in [2.75, 3.05) is 12.3 Å². The molecule has 1 aromatic carbocycles. The van der Waals surface area contributed by atoms with Crippen molar-refractivity contribution >= 4 is 15.7 Å². The van der Waals surface area contributed by atoms with Crippen LogP contribution in [-0.2, 0) is 23.5 Å². The quantitative estimate of drug-likeness (QED) is 0.784. The molecule has 114 valence electrons. The SMILES string of the molecule is Cc1cc(S(=O)(=O)NCCc2nncn2C)cc(N)c1C. The molecule has 0 amide bonds. The standard InChI is InChI=1S/C13H19N5O2S/c1-9-6-11(7-12(14)10(9)2)21(19,20)16-5-4-13-17-15-8-18(13)3/h6-8,16H,4-5,14H2,1-3H3. The fraction of sp³-hybridized carbons (Fsp3) is 0.385. The lowest BCUT2D eigenvalue weighted by atomic mass is 10.1. The fourth-order valence-corrected chi connectivity index (χ4v) is 3.07. The van der Waals surface area contributed by atoms with Gasteiger partial charge < -0.3 is 10.3 Å². The predicted octanol–water partition coefficient (Wildman–Crippen LogP) is 0.535. The molecule has 2 aromatic rings. The molecule has 0 aliphatic rings. The minimum Gasteiger partial charge on any atom is -0.398 e. The molecule has 0 saturated carbocycles. The molecule has 7 nitrogen and oxygen atoms in total. The van der Waals surface area contributed by atoms with E-state index in [2.05, 4.69) is 14.9 Å². The maximum absolute atomic E-state index is 12.3. The highest BCUT2D eigenvalue weighted by molar-refractivity contribution is 7.89. The van der Waals surface area contributed by atoms with E-state index < -0.39 is 10.0 Å². The molecular weight excluding hydrogens is 290 g/mol. The molecule has 0 saturated heterocycles. The number of rotatable bonds is 5. The summed E-state index contributed by atoms with van der Waals surface area (Å²) in [6.07, 6.45) is 2.05. The lowest BCUT2D eigenvalue weighted by Crippen LogP contribution is -2.27. The van der Waals surface area contributed by atoms with Gasteiger partial charge in [0.25, 0.3) is 0 Å². The highest BCUT2D eigenvalue weighted by Gasteiger charge is 2.16. The van der Waals surface area contributed by atoms with Crippen molar-refractivity contribution in [3.05, 3.63) is 35.4 Å². The Morgan fingerprint density at radius 3 is 2.62 bits per heavy atom. The Balaban J connectivity index is 2.10. The van der Waals surface area contributed by atoms with Crippen LogP contribution >= 0.6 is 0 Å². The van der Waals surface area contributed by atoms with Crippen molar-refractivity contribution in [1.29, 1.82) is 0 Å². The van der Waals surface area contributed by atoms with Gasteiger partial charge in [-0.25, -0.2) is 13.1 Å². The van der Waals surface area contributed by atoms with Gasteiger partial charge in [-0.05, 0) is 37.1 Å². The van der Waals surface area contributed by atoms with Gasteiger partial charge >= 0.3 is 0 Å². The van der Waals surface area contributed by atoms with E-state index in [-0.39, 0.29) is 11.4 Å². The molecule has 21 heavy (non-hydrogen) atoms. The van der Waals surface area contributed by atoms with Gasteiger partial charge in [0.05, 0.1) is 4.90 Å². The fourth-order valence-electron chi connectivity index (χ4n) is 1.92. The molecule has 1 heterocycles. The smallest absolute Gasteiger partial charge is 0.240 e. The first-order valence-corrected chi connectivity index (χ1v) is 7.99. The Morgan fingerprint density at radius 1 is 1.33 bits per heavy atom. The van der Waals surface area contributed by atoms with Crippen LogP contribution < -0.4 is 10.5 Å². The maximum Gasteiger partial charge on any atom is 0.240 e. The van der Waals surface area contributed by atoms with E-state index in [0.29, 0.717) is 12.1 Å². The zero-order valence-electron chi connectivity index (χ0n) is 12.3. The summed E-state index contributed by atoms with van der Waals surface area (Å²) in [7, 11) is -1.76. The van der Waals surface area contributed by atoms with Crippen LogP contribution in [0.3, 0.4) is 0 Å². The first kappa shape index (κ1) is 15.5. The molecule has 0 aliphatic heterocycles. The number of nitrogens with two attached hydrogens (primary N) is 1. The Kier molecular flexibility index (Phi) is 4.29. The third kappa shape index (κ3) is 3.40. The average Bonchev–Trinajstić information content (AvgIpc) is 2.81. The number of hydrogen-bond acceptors (Lipinski definition) is 5. The minimum atomic E-state index is -3.58. The van der Waals surface area contributed by atoms with E-state index in [1.807, 2.05) is 20.9 Å². The number of sulfonamides is 1. The number of benzene rings is 1. The lowest BCUT2D eigenvalue weighted by molar-refractivity contribution is 0.580. The van der Waals surface area contributed by atoms with E-state index >= 15 is 0 Å². The molecular formula is C13H19N5O2S. The van der Waals surface area contributed by atoms with Crippen molar-refractivity contribution in [1.82, 2.24) is 19.5 Å². The van der Waals surface area contributed by atoms with Gasteiger partial charge in [0.2, 0.25) is 10.0 Å². The molecule has 0 radical (unpaired) electrons. The number of nitrogen functional groups attached to an aromatic ring is 1. The van der Waals surface area contributed by atoms with Crippen LogP contribution in [0, 0.1) is 13.8 Å². The molecule has 0 spiro atoms. The lowest BCUT2D eigenvalue weighted by Gasteiger charge is -2.10. The molecule has 0 fully saturated rings. The number of aromatic nitrogens is 3. The second kappa shape index (κ2) is 5.82. The first-order chi connectivity index (χ1) is 9.81. The summed E-state index contributed by atoms with van der Waals surface area (Å²) in [5.74, 6) is 0.720. The Bertz CT molecular complexity index is 729. The molecule has 8 heteroatoms. The highest BCUT2D eigenvalue weighted by atomic mass is 32.2. The molecule has 0 aliphatic carbocycles. The first-order valence-electron chi connectivity index (χ1n) is 6.50. The van der Waals surface area contributed by atoms with Gasteiger partial charge in [-0.1, -0.05) is 0 Å². The molecule has 1 aromatic heterocycles. The molecule has 2 rings (SSSR count). The summed E-state index contributed by atoms with van der Waals surface area (Å²) in [6.45, 7) is 3.95. The molecule has 0 bridgehead atoms.